The average molecular weight is 505 g/mol. The number of fused-ring (bicyclic) bond motifs is 1. The fourth-order valence-corrected chi connectivity index (χ4v) is 8.97. The van der Waals surface area contributed by atoms with Gasteiger partial charge in [0.15, 0.2) is 5.41 Å². The van der Waals surface area contributed by atoms with Crippen molar-refractivity contribution in [2.75, 3.05) is 26.1 Å². The number of methoxy groups -OCH3 is 2. The zero-order valence-electron chi connectivity index (χ0n) is 21.8. The number of nitrogens with zero attached hydrogens (tertiary/aromatic N) is 1. The first-order valence-electron chi connectivity index (χ1n) is 12.4. The third-order valence-corrected chi connectivity index (χ3v) is 10.3. The highest BCUT2D eigenvalue weighted by molar-refractivity contribution is 7.18. The summed E-state index contributed by atoms with van der Waals surface area (Å²) in [5.41, 5.74) is 1.47. The van der Waals surface area contributed by atoms with Gasteiger partial charge >= 0.3 is 8.32 Å². The van der Waals surface area contributed by atoms with Crippen molar-refractivity contribution in [2.24, 2.45) is 5.41 Å². The third kappa shape index (κ3) is 5.44. The van der Waals surface area contributed by atoms with Crippen LogP contribution >= 0.6 is 0 Å². The molecule has 1 N–H and O–H groups in total. The summed E-state index contributed by atoms with van der Waals surface area (Å²) in [6, 6.07) is 24.0. The second kappa shape index (κ2) is 11.0. The number of rotatable bonds is 9. The number of pyridine rings is 1. The first-order valence-corrected chi connectivity index (χ1v) is 14.3. The smallest absolute Gasteiger partial charge is 0.328 e. The summed E-state index contributed by atoms with van der Waals surface area (Å²) in [7, 11) is -0.125. The van der Waals surface area contributed by atoms with E-state index in [4.69, 9.17) is 18.9 Å². The fourth-order valence-electron chi connectivity index (χ4n) is 4.81. The molecule has 1 atom stereocenters. The Morgan fingerprint density at radius 2 is 1.56 bits per heavy atom. The summed E-state index contributed by atoms with van der Waals surface area (Å²) < 4.78 is 18.0. The molecule has 36 heavy (non-hydrogen) atoms. The van der Waals surface area contributed by atoms with Gasteiger partial charge in [-0.05, 0) is 28.3 Å². The van der Waals surface area contributed by atoms with Crippen molar-refractivity contribution in [3.63, 3.8) is 0 Å². The highest BCUT2D eigenvalue weighted by Gasteiger charge is 2.50. The maximum atomic E-state index is 14.4. The summed E-state index contributed by atoms with van der Waals surface area (Å²) in [5, 5.41) is 5.51. The number of nitrogens with one attached hydrogen (secondary N) is 1. The van der Waals surface area contributed by atoms with E-state index in [1.165, 1.54) is 0 Å². The molecule has 2 heterocycles. The van der Waals surface area contributed by atoms with Crippen LogP contribution in [0.15, 0.2) is 72.8 Å². The molecule has 0 saturated carbocycles. The number of hydrogen-bond donors (Lipinski definition) is 1. The van der Waals surface area contributed by atoms with Crippen molar-refractivity contribution in [3.8, 4) is 0 Å². The molecule has 0 bridgehead atoms. The molecule has 1 aromatic heterocycles. The van der Waals surface area contributed by atoms with Crippen molar-refractivity contribution in [2.45, 2.75) is 46.0 Å². The van der Waals surface area contributed by atoms with E-state index in [1.807, 2.05) is 72.8 Å². The molecule has 1 unspecified atom stereocenters. The van der Waals surface area contributed by atoms with E-state index < -0.39 is 14.6 Å². The van der Waals surface area contributed by atoms with Crippen molar-refractivity contribution in [1.29, 1.82) is 0 Å². The van der Waals surface area contributed by atoms with Crippen LogP contribution in [0.5, 0.6) is 0 Å². The van der Waals surface area contributed by atoms with Gasteiger partial charge in [0.05, 0.1) is 11.8 Å². The Labute approximate surface area is 215 Å². The highest BCUT2D eigenvalue weighted by Crippen LogP contribution is 2.36. The van der Waals surface area contributed by atoms with Gasteiger partial charge in [0.2, 0.25) is 6.29 Å². The van der Waals surface area contributed by atoms with E-state index >= 15 is 0 Å². The first kappa shape index (κ1) is 26.2. The molecule has 1 aliphatic heterocycles. The van der Waals surface area contributed by atoms with E-state index in [0.717, 1.165) is 28.2 Å². The Morgan fingerprint density at radius 3 is 2.08 bits per heavy atom. The maximum absolute atomic E-state index is 14.4. The van der Waals surface area contributed by atoms with Crippen molar-refractivity contribution < 1.29 is 18.7 Å². The Balaban J connectivity index is 1.84. The lowest BCUT2D eigenvalue weighted by atomic mass is 9.93. The summed E-state index contributed by atoms with van der Waals surface area (Å²) in [4.78, 5) is 19.1. The lowest BCUT2D eigenvalue weighted by Crippen LogP contribution is -2.68. The van der Waals surface area contributed by atoms with Crippen LogP contribution in [0.1, 0.15) is 57.3 Å². The predicted molar refractivity (Wildman–Crippen MR) is 145 cm³/mol. The van der Waals surface area contributed by atoms with E-state index in [9.17, 15) is 4.79 Å². The van der Waals surface area contributed by atoms with Crippen LogP contribution < -0.4 is 15.7 Å². The molecule has 190 valence electrons. The van der Waals surface area contributed by atoms with Gasteiger partial charge in [0, 0.05) is 32.7 Å². The minimum atomic E-state index is -3.31. The van der Waals surface area contributed by atoms with E-state index in [-0.39, 0.29) is 16.9 Å². The molecule has 7 heteroatoms. The molecule has 0 amide bonds. The van der Waals surface area contributed by atoms with Crippen LogP contribution in [0.3, 0.4) is 0 Å². The molecule has 0 radical (unpaired) electrons. The van der Waals surface area contributed by atoms with Gasteiger partial charge in [0.1, 0.15) is 5.82 Å². The van der Waals surface area contributed by atoms with Crippen LogP contribution in [-0.2, 0) is 18.7 Å². The molecule has 0 fully saturated rings. The Bertz CT molecular complexity index is 1120. The largest absolute Gasteiger partial charge is 0.395 e. The maximum Gasteiger partial charge on any atom is 0.328 e. The second-order valence-electron chi connectivity index (χ2n) is 10.4. The third-order valence-electron chi connectivity index (χ3n) is 6.43. The van der Waals surface area contributed by atoms with Crippen molar-refractivity contribution >= 4 is 29.9 Å². The number of benzene rings is 2. The number of anilines is 1. The molecule has 4 rings (SSSR count). The van der Waals surface area contributed by atoms with Gasteiger partial charge in [-0.2, -0.15) is 0 Å². The molecule has 6 nitrogen and oxygen atoms in total. The number of aromatic nitrogens is 1. The molecule has 2 aromatic carbocycles. The number of hydrogen-bond acceptors (Lipinski definition) is 6. The molecular weight excluding hydrogens is 468 g/mol. The van der Waals surface area contributed by atoms with Crippen LogP contribution in [0, 0.1) is 5.41 Å². The summed E-state index contributed by atoms with van der Waals surface area (Å²) in [6.07, 6.45) is 0.348. The normalized spacial score (nSPS) is 15.9. The second-order valence-corrected chi connectivity index (χ2v) is 13.7. The van der Waals surface area contributed by atoms with Gasteiger partial charge < -0.3 is 24.0 Å². The summed E-state index contributed by atoms with van der Waals surface area (Å²) in [6.45, 7) is 7.01. The molecule has 3 aromatic rings. The summed E-state index contributed by atoms with van der Waals surface area (Å²) in [5.74, 6) is 0.746. The average Bonchev–Trinajstić information content (AvgIpc) is 2.88. The molecule has 0 spiro atoms. The van der Waals surface area contributed by atoms with Crippen LogP contribution in [0.2, 0.25) is 0 Å². The van der Waals surface area contributed by atoms with Crippen molar-refractivity contribution in [1.82, 2.24) is 4.98 Å². The lowest BCUT2D eigenvalue weighted by Gasteiger charge is -2.38. The Kier molecular flexibility index (Phi) is 8.05. The number of carbonyl (C=O) groups excluding carboxylic acids is 1. The van der Waals surface area contributed by atoms with Crippen LogP contribution in [0.25, 0.3) is 0 Å². The quantitative estimate of drug-likeness (QED) is 0.341. The standard InChI is InChI=1S/C29H36N2O4Si/c1-29(2,3)20-26(32)36(21-12-8-6-9-13-21,22-14-10-7-11-15-22)35-25-18-19-30-27-23(25)16-17-24(31-27)28(33-4)34-5/h6-17,25,28H,18-20H2,1-5H3,(H,30,31). The summed E-state index contributed by atoms with van der Waals surface area (Å²) >= 11 is 0. The molecule has 1 aliphatic rings. The van der Waals surface area contributed by atoms with Gasteiger partial charge in [0.25, 0.3) is 0 Å². The Morgan fingerprint density at radius 1 is 0.972 bits per heavy atom. The van der Waals surface area contributed by atoms with Crippen LogP contribution in [-0.4, -0.2) is 39.5 Å². The SMILES string of the molecule is COC(OC)c1ccc2c(n1)NCCC2O[Si](C(=O)CC(C)(C)C)(c1ccccc1)c1ccccc1. The van der Waals surface area contributed by atoms with Gasteiger partial charge in [-0.15, -0.1) is 0 Å². The molecule has 0 aliphatic carbocycles. The Hall–Kier alpha value is -2.84. The zero-order chi connectivity index (χ0) is 25.8. The van der Waals surface area contributed by atoms with Gasteiger partial charge in [-0.3, -0.25) is 0 Å². The number of carbonyl (C=O) groups is 1. The molecular formula is C29H36N2O4Si. The van der Waals surface area contributed by atoms with Crippen molar-refractivity contribution in [3.05, 3.63) is 84.1 Å². The number of ether oxygens (including phenoxy) is 2. The topological polar surface area (TPSA) is 69.7 Å². The van der Waals surface area contributed by atoms with E-state index in [1.54, 1.807) is 14.2 Å². The van der Waals surface area contributed by atoms with E-state index in [0.29, 0.717) is 18.7 Å². The fraction of sp³-hybridized carbons (Fsp3) is 0.379. The first-order chi connectivity index (χ1) is 17.3. The minimum absolute atomic E-state index is 0.167. The monoisotopic (exact) mass is 504 g/mol. The predicted octanol–water partition coefficient (Wildman–Crippen LogP) is 4.55. The zero-order valence-corrected chi connectivity index (χ0v) is 22.8. The highest BCUT2D eigenvalue weighted by atomic mass is 28.4. The van der Waals surface area contributed by atoms with Crippen LogP contribution in [0.4, 0.5) is 5.82 Å². The molecule has 0 saturated heterocycles. The van der Waals surface area contributed by atoms with Gasteiger partial charge in [-0.1, -0.05) is 87.5 Å². The minimum Gasteiger partial charge on any atom is -0.395 e. The lowest BCUT2D eigenvalue weighted by molar-refractivity contribution is -0.115. The van der Waals surface area contributed by atoms with E-state index in [2.05, 4.69) is 26.1 Å². The van der Waals surface area contributed by atoms with Gasteiger partial charge in [-0.25, -0.2) is 4.98 Å².